The number of methoxy groups -OCH3 is 1. The van der Waals surface area contributed by atoms with Crippen LogP contribution >= 0.6 is 0 Å². The molecule has 2 atom stereocenters. The third kappa shape index (κ3) is 7.13. The van der Waals surface area contributed by atoms with Crippen LogP contribution in [0.15, 0.2) is 0 Å². The molecule has 0 spiro atoms. The minimum atomic E-state index is 0.0944. The number of carbonyl (C=O) groups excluding carboxylic acids is 2. The molecule has 33 heavy (non-hydrogen) atoms. The fourth-order valence-corrected chi connectivity index (χ4v) is 6.31. The van der Waals surface area contributed by atoms with Gasteiger partial charge in [-0.3, -0.25) is 25.5 Å². The van der Waals surface area contributed by atoms with Gasteiger partial charge in [0.05, 0.1) is 6.10 Å². The molecular weight excluding hydrogens is 418 g/mol. The lowest BCUT2D eigenvalue weighted by Crippen LogP contribution is -2.63. The summed E-state index contributed by atoms with van der Waals surface area (Å²) in [6.07, 6.45) is 12.2. The van der Waals surface area contributed by atoms with Crippen molar-refractivity contribution in [1.82, 2.24) is 26.2 Å². The smallest absolute Gasteiger partial charge is 0.223 e. The summed E-state index contributed by atoms with van der Waals surface area (Å²) in [6, 6.07) is 0.371. The molecule has 0 aromatic heterocycles. The van der Waals surface area contributed by atoms with Gasteiger partial charge in [-0.05, 0) is 69.6 Å². The first-order valence-electron chi connectivity index (χ1n) is 13.4. The van der Waals surface area contributed by atoms with Crippen molar-refractivity contribution in [2.75, 3.05) is 39.8 Å². The quantitative estimate of drug-likeness (QED) is 0.388. The van der Waals surface area contributed by atoms with Gasteiger partial charge in [-0.1, -0.05) is 6.42 Å². The second kappa shape index (κ2) is 12.5. The number of amides is 2. The zero-order valence-electron chi connectivity index (χ0n) is 20.4. The molecule has 0 radical (unpaired) electrons. The Morgan fingerprint density at radius 1 is 1.06 bits per heavy atom. The van der Waals surface area contributed by atoms with E-state index < -0.39 is 0 Å². The van der Waals surface area contributed by atoms with Crippen LogP contribution in [-0.2, 0) is 14.3 Å². The summed E-state index contributed by atoms with van der Waals surface area (Å²) in [7, 11) is 1.84. The number of nitrogens with one attached hydrogen (secondary N) is 4. The maximum Gasteiger partial charge on any atom is 0.223 e. The van der Waals surface area contributed by atoms with E-state index in [2.05, 4.69) is 21.3 Å². The van der Waals surface area contributed by atoms with Gasteiger partial charge >= 0.3 is 0 Å². The topological polar surface area (TPSA) is 94.7 Å². The number of hydrogen-bond acceptors (Lipinski definition) is 6. The van der Waals surface area contributed by atoms with E-state index in [9.17, 15) is 9.59 Å². The van der Waals surface area contributed by atoms with E-state index in [1.165, 1.54) is 25.7 Å². The summed E-state index contributed by atoms with van der Waals surface area (Å²) in [5, 5.41) is 14.2. The molecule has 2 saturated heterocycles. The van der Waals surface area contributed by atoms with Crippen molar-refractivity contribution >= 4 is 11.8 Å². The molecule has 0 bridgehead atoms. The predicted molar refractivity (Wildman–Crippen MR) is 128 cm³/mol. The number of nitrogens with zero attached hydrogens (tertiary/aromatic N) is 1. The van der Waals surface area contributed by atoms with Crippen LogP contribution in [0.1, 0.15) is 70.6 Å². The minimum Gasteiger partial charge on any atom is -0.381 e. The summed E-state index contributed by atoms with van der Waals surface area (Å²) in [6.45, 7) is 4.42. The second-order valence-electron chi connectivity index (χ2n) is 10.6. The molecule has 4 rings (SSSR count). The van der Waals surface area contributed by atoms with Crippen molar-refractivity contribution in [2.45, 2.75) is 89.1 Å². The van der Waals surface area contributed by atoms with Crippen molar-refractivity contribution in [3.8, 4) is 0 Å². The highest BCUT2D eigenvalue weighted by atomic mass is 16.5. The van der Waals surface area contributed by atoms with Gasteiger partial charge in [0.1, 0.15) is 6.29 Å². The van der Waals surface area contributed by atoms with Crippen molar-refractivity contribution in [3.05, 3.63) is 0 Å². The molecule has 2 heterocycles. The second-order valence-corrected chi connectivity index (χ2v) is 10.6. The van der Waals surface area contributed by atoms with Gasteiger partial charge in [-0.15, -0.1) is 0 Å². The Labute approximate surface area is 199 Å². The van der Waals surface area contributed by atoms with Crippen molar-refractivity contribution in [1.29, 1.82) is 0 Å². The zero-order chi connectivity index (χ0) is 23.0. The van der Waals surface area contributed by atoms with Gasteiger partial charge in [0.25, 0.3) is 0 Å². The third-order valence-electron chi connectivity index (χ3n) is 8.41. The lowest BCUT2D eigenvalue weighted by molar-refractivity contribution is -0.127. The molecule has 8 nitrogen and oxygen atoms in total. The van der Waals surface area contributed by atoms with Crippen molar-refractivity contribution in [2.24, 2.45) is 17.8 Å². The maximum absolute atomic E-state index is 12.7. The Morgan fingerprint density at radius 3 is 2.55 bits per heavy atom. The third-order valence-corrected chi connectivity index (χ3v) is 8.41. The predicted octanol–water partition coefficient (Wildman–Crippen LogP) is 1.56. The molecule has 2 unspecified atom stereocenters. The highest BCUT2D eigenvalue weighted by Gasteiger charge is 2.33. The van der Waals surface area contributed by atoms with Crippen molar-refractivity contribution < 1.29 is 14.3 Å². The van der Waals surface area contributed by atoms with Crippen LogP contribution in [-0.4, -0.2) is 75.0 Å². The molecule has 2 amide bonds. The van der Waals surface area contributed by atoms with Crippen LogP contribution < -0.4 is 21.3 Å². The summed E-state index contributed by atoms with van der Waals surface area (Å²) >= 11 is 0. The van der Waals surface area contributed by atoms with Gasteiger partial charge < -0.3 is 15.0 Å². The molecule has 2 aliphatic carbocycles. The van der Waals surface area contributed by atoms with Crippen LogP contribution in [0, 0.1) is 17.8 Å². The fourth-order valence-electron chi connectivity index (χ4n) is 6.31. The summed E-state index contributed by atoms with van der Waals surface area (Å²) < 4.78 is 5.52. The largest absolute Gasteiger partial charge is 0.381 e. The van der Waals surface area contributed by atoms with E-state index >= 15 is 0 Å². The Kier molecular flexibility index (Phi) is 9.41. The first kappa shape index (κ1) is 24.9. The van der Waals surface area contributed by atoms with E-state index in [1.807, 2.05) is 12.0 Å². The van der Waals surface area contributed by atoms with E-state index in [-0.39, 0.29) is 24.0 Å². The van der Waals surface area contributed by atoms with Gasteiger partial charge in [-0.25, -0.2) is 0 Å². The van der Waals surface area contributed by atoms with Crippen LogP contribution in [0.2, 0.25) is 0 Å². The molecule has 0 aromatic carbocycles. The fraction of sp³-hybridized carbons (Fsp3) is 0.920. The highest BCUT2D eigenvalue weighted by Crippen LogP contribution is 2.32. The summed E-state index contributed by atoms with van der Waals surface area (Å²) in [4.78, 5) is 26.3. The van der Waals surface area contributed by atoms with E-state index in [0.717, 1.165) is 70.6 Å². The average Bonchev–Trinajstić information content (AvgIpc) is 3.27. The lowest BCUT2D eigenvalue weighted by atomic mass is 9.78. The van der Waals surface area contributed by atoms with E-state index in [1.54, 1.807) is 0 Å². The highest BCUT2D eigenvalue weighted by molar-refractivity contribution is 5.79. The molecule has 2 aliphatic heterocycles. The Morgan fingerprint density at radius 2 is 1.85 bits per heavy atom. The number of ether oxygens (including phenoxy) is 1. The van der Waals surface area contributed by atoms with Crippen LogP contribution in [0.3, 0.4) is 0 Å². The summed E-state index contributed by atoms with van der Waals surface area (Å²) in [5.74, 6) is 2.03. The Hall–Kier alpha value is -1.22. The van der Waals surface area contributed by atoms with Crippen LogP contribution in [0.4, 0.5) is 0 Å². The van der Waals surface area contributed by atoms with Crippen molar-refractivity contribution in [3.63, 3.8) is 0 Å². The van der Waals surface area contributed by atoms with Gasteiger partial charge in [0.2, 0.25) is 11.8 Å². The standard InChI is InChI=1S/C25H45N5O3/c1-33-22-10-8-18(9-11-22)20-16-27-25(28-17-20)29-21-6-2-5-19(15-21)24(32)26-12-4-14-30-13-3-7-23(30)31/h18-22,25,27-29H,2-17H2,1H3,(H,26,32). The number of likely N-dealkylation sites (tertiary alicyclic amines) is 1. The monoisotopic (exact) mass is 463 g/mol. The molecule has 4 aliphatic rings. The average molecular weight is 464 g/mol. The molecule has 2 saturated carbocycles. The van der Waals surface area contributed by atoms with E-state index in [0.29, 0.717) is 31.0 Å². The lowest BCUT2D eigenvalue weighted by Gasteiger charge is -2.40. The summed E-state index contributed by atoms with van der Waals surface area (Å²) in [5.41, 5.74) is 0. The van der Waals surface area contributed by atoms with Gasteiger partial charge in [0.15, 0.2) is 0 Å². The molecule has 188 valence electrons. The van der Waals surface area contributed by atoms with Crippen LogP contribution in [0.25, 0.3) is 0 Å². The SMILES string of the molecule is COC1CCC(C2CNC(NC3CCCC(C(=O)NCCCN4CCCC4=O)C3)NC2)CC1. The first-order chi connectivity index (χ1) is 16.1. The van der Waals surface area contributed by atoms with Gasteiger partial charge in [-0.2, -0.15) is 0 Å². The minimum absolute atomic E-state index is 0.0944. The molecule has 0 aromatic rings. The molecule has 4 fully saturated rings. The van der Waals surface area contributed by atoms with Gasteiger partial charge in [0, 0.05) is 58.2 Å². The number of rotatable bonds is 9. The van der Waals surface area contributed by atoms with E-state index in [4.69, 9.17) is 4.74 Å². The van der Waals surface area contributed by atoms with Crippen LogP contribution in [0.5, 0.6) is 0 Å². The zero-order valence-corrected chi connectivity index (χ0v) is 20.4. The first-order valence-corrected chi connectivity index (χ1v) is 13.4. The maximum atomic E-state index is 12.7. The molecule has 4 N–H and O–H groups in total. The molecule has 8 heteroatoms. The normalized spacial score (nSPS) is 35.5. The number of carbonyl (C=O) groups is 2. The Balaban J connectivity index is 1.11. The Bertz CT molecular complexity index is 632. The molecular formula is C25H45N5O3. The number of hydrogen-bond donors (Lipinski definition) is 4.